The third-order valence-electron chi connectivity index (χ3n) is 5.87. The maximum absolute atomic E-state index is 12.4. The molecule has 1 amide bonds. The summed E-state index contributed by atoms with van der Waals surface area (Å²) in [4.78, 5) is 25.5. The van der Waals surface area contributed by atoms with Gasteiger partial charge in [-0.1, -0.05) is 43.2 Å². The topological polar surface area (TPSA) is 69.6 Å². The molecule has 1 saturated carbocycles. The van der Waals surface area contributed by atoms with E-state index < -0.39 is 5.97 Å². The Morgan fingerprint density at radius 3 is 2.31 bits per heavy atom. The zero-order chi connectivity index (χ0) is 17.7. The second kappa shape index (κ2) is 9.38. The first kappa shape index (κ1) is 20.7. The second-order valence-corrected chi connectivity index (χ2v) is 7.52. The monoisotopic (exact) mass is 380 g/mol. The number of benzene rings is 1. The van der Waals surface area contributed by atoms with Crippen molar-refractivity contribution in [1.29, 1.82) is 0 Å². The first-order valence-electron chi connectivity index (χ1n) is 9.36. The van der Waals surface area contributed by atoms with Gasteiger partial charge in [0.2, 0.25) is 5.91 Å². The number of rotatable bonds is 6. The van der Waals surface area contributed by atoms with Crippen LogP contribution in [0.1, 0.15) is 44.1 Å². The lowest BCUT2D eigenvalue weighted by Gasteiger charge is -2.32. The molecular formula is C20H29ClN2O3. The fourth-order valence-corrected chi connectivity index (χ4v) is 4.28. The number of nitrogens with zero attached hydrogens (tertiary/aromatic N) is 1. The number of hydrogen-bond acceptors (Lipinski definition) is 3. The van der Waals surface area contributed by atoms with Crippen LogP contribution < -0.4 is 5.32 Å². The van der Waals surface area contributed by atoms with Crippen LogP contribution in [0.15, 0.2) is 30.3 Å². The summed E-state index contributed by atoms with van der Waals surface area (Å²) in [5, 5.41) is 12.2. The molecule has 2 aliphatic rings. The van der Waals surface area contributed by atoms with Crippen molar-refractivity contribution in [3.63, 3.8) is 0 Å². The number of carboxylic acids is 1. The van der Waals surface area contributed by atoms with Gasteiger partial charge in [-0.2, -0.15) is 0 Å². The summed E-state index contributed by atoms with van der Waals surface area (Å²) in [6.45, 7) is 2.45. The van der Waals surface area contributed by atoms with Crippen molar-refractivity contribution >= 4 is 24.3 Å². The van der Waals surface area contributed by atoms with E-state index in [1.807, 2.05) is 6.07 Å². The number of carbonyl (C=O) groups excluding carboxylic acids is 1. The van der Waals surface area contributed by atoms with Crippen molar-refractivity contribution in [3.05, 3.63) is 35.9 Å². The Morgan fingerprint density at radius 1 is 1.12 bits per heavy atom. The SMILES string of the molecule is Cl.O=C(CN1CCC(C(=O)O)CC1)NCC1(c2ccccc2)CCCC1. The van der Waals surface area contributed by atoms with Gasteiger partial charge in [0.05, 0.1) is 12.5 Å². The van der Waals surface area contributed by atoms with Crippen molar-refractivity contribution in [2.45, 2.75) is 43.9 Å². The molecule has 1 saturated heterocycles. The van der Waals surface area contributed by atoms with Crippen LogP contribution in [0.4, 0.5) is 0 Å². The predicted molar refractivity (Wildman–Crippen MR) is 104 cm³/mol. The Balaban J connectivity index is 0.00000243. The van der Waals surface area contributed by atoms with E-state index >= 15 is 0 Å². The Kier molecular flexibility index (Phi) is 7.47. The molecular weight excluding hydrogens is 352 g/mol. The maximum atomic E-state index is 12.4. The van der Waals surface area contributed by atoms with Gasteiger partial charge in [0.1, 0.15) is 0 Å². The first-order chi connectivity index (χ1) is 12.1. The number of hydrogen-bond donors (Lipinski definition) is 2. The third kappa shape index (κ3) is 4.98. The molecule has 0 spiro atoms. The molecule has 6 heteroatoms. The largest absolute Gasteiger partial charge is 0.481 e. The lowest BCUT2D eigenvalue weighted by molar-refractivity contribution is -0.143. The van der Waals surface area contributed by atoms with Gasteiger partial charge in [-0.15, -0.1) is 12.4 Å². The van der Waals surface area contributed by atoms with Crippen LogP contribution in [-0.4, -0.2) is 48.1 Å². The van der Waals surface area contributed by atoms with E-state index in [9.17, 15) is 9.59 Å². The summed E-state index contributed by atoms with van der Waals surface area (Å²) in [6.07, 6.45) is 5.96. The molecule has 0 aromatic heterocycles. The van der Waals surface area contributed by atoms with E-state index in [0.717, 1.165) is 12.8 Å². The Hall–Kier alpha value is -1.59. The van der Waals surface area contributed by atoms with Gasteiger partial charge in [-0.05, 0) is 44.3 Å². The maximum Gasteiger partial charge on any atom is 0.306 e. The van der Waals surface area contributed by atoms with Gasteiger partial charge in [0, 0.05) is 12.0 Å². The van der Waals surface area contributed by atoms with Crippen LogP contribution in [0.5, 0.6) is 0 Å². The van der Waals surface area contributed by atoms with E-state index in [1.165, 1.54) is 18.4 Å². The van der Waals surface area contributed by atoms with Crippen LogP contribution in [0.25, 0.3) is 0 Å². The van der Waals surface area contributed by atoms with Gasteiger partial charge < -0.3 is 10.4 Å². The van der Waals surface area contributed by atoms with Crippen molar-refractivity contribution in [2.75, 3.05) is 26.2 Å². The molecule has 1 aromatic rings. The van der Waals surface area contributed by atoms with E-state index in [1.54, 1.807) is 0 Å². The van der Waals surface area contributed by atoms with Crippen LogP contribution in [0.2, 0.25) is 0 Å². The standard InChI is InChI=1S/C20H28N2O3.ClH/c23-18(14-22-12-8-16(9-13-22)19(24)25)21-15-20(10-4-5-11-20)17-6-2-1-3-7-17;/h1-3,6-7,16H,4-5,8-15H2,(H,21,23)(H,24,25);1H. The van der Waals surface area contributed by atoms with Crippen LogP contribution >= 0.6 is 12.4 Å². The fraction of sp³-hybridized carbons (Fsp3) is 0.600. The van der Waals surface area contributed by atoms with Crippen molar-refractivity contribution in [1.82, 2.24) is 10.2 Å². The molecule has 0 bridgehead atoms. The van der Waals surface area contributed by atoms with E-state index in [-0.39, 0.29) is 29.6 Å². The Labute approximate surface area is 161 Å². The number of nitrogens with one attached hydrogen (secondary N) is 1. The number of aliphatic carboxylic acids is 1. The fourth-order valence-electron chi connectivity index (χ4n) is 4.28. The van der Waals surface area contributed by atoms with Gasteiger partial charge in [-0.3, -0.25) is 14.5 Å². The zero-order valence-corrected chi connectivity index (χ0v) is 16.0. The number of carboxylic acid groups (broad SMARTS) is 1. The molecule has 0 atom stereocenters. The predicted octanol–water partition coefficient (Wildman–Crippen LogP) is 2.83. The van der Waals surface area contributed by atoms with Gasteiger partial charge >= 0.3 is 5.97 Å². The normalized spacial score (nSPS) is 20.3. The summed E-state index contributed by atoms with van der Waals surface area (Å²) in [7, 11) is 0. The average Bonchev–Trinajstić information content (AvgIpc) is 3.11. The number of piperidine rings is 1. The third-order valence-corrected chi connectivity index (χ3v) is 5.87. The molecule has 1 aliphatic heterocycles. The minimum Gasteiger partial charge on any atom is -0.481 e. The minimum absolute atomic E-state index is 0. The summed E-state index contributed by atoms with van der Waals surface area (Å²) in [5.41, 5.74) is 1.41. The van der Waals surface area contributed by atoms with E-state index in [4.69, 9.17) is 5.11 Å². The highest BCUT2D eigenvalue weighted by atomic mass is 35.5. The Bertz CT molecular complexity index is 594. The molecule has 0 unspecified atom stereocenters. The zero-order valence-electron chi connectivity index (χ0n) is 15.2. The first-order valence-corrected chi connectivity index (χ1v) is 9.36. The number of halogens is 1. The molecule has 0 radical (unpaired) electrons. The second-order valence-electron chi connectivity index (χ2n) is 7.52. The van der Waals surface area contributed by atoms with Gasteiger partial charge in [0.25, 0.3) is 0 Å². The number of carbonyl (C=O) groups is 2. The molecule has 2 N–H and O–H groups in total. The lowest BCUT2D eigenvalue weighted by Crippen LogP contribution is -2.45. The molecule has 1 heterocycles. The number of likely N-dealkylation sites (tertiary alicyclic amines) is 1. The molecule has 2 fully saturated rings. The van der Waals surface area contributed by atoms with Crippen LogP contribution in [-0.2, 0) is 15.0 Å². The van der Waals surface area contributed by atoms with Crippen molar-refractivity contribution in [3.8, 4) is 0 Å². The van der Waals surface area contributed by atoms with E-state index in [2.05, 4.69) is 34.5 Å². The van der Waals surface area contributed by atoms with Crippen LogP contribution in [0.3, 0.4) is 0 Å². The molecule has 3 rings (SSSR count). The average molecular weight is 381 g/mol. The summed E-state index contributed by atoms with van der Waals surface area (Å²) < 4.78 is 0. The minimum atomic E-state index is -0.713. The molecule has 26 heavy (non-hydrogen) atoms. The summed E-state index contributed by atoms with van der Waals surface area (Å²) in [6, 6.07) is 10.5. The summed E-state index contributed by atoms with van der Waals surface area (Å²) in [5.74, 6) is -0.912. The highest BCUT2D eigenvalue weighted by molar-refractivity contribution is 5.85. The van der Waals surface area contributed by atoms with E-state index in [0.29, 0.717) is 39.0 Å². The van der Waals surface area contributed by atoms with Crippen molar-refractivity contribution in [2.24, 2.45) is 5.92 Å². The Morgan fingerprint density at radius 2 is 1.73 bits per heavy atom. The molecule has 1 aliphatic carbocycles. The van der Waals surface area contributed by atoms with Crippen LogP contribution in [0, 0.1) is 5.92 Å². The molecule has 5 nitrogen and oxygen atoms in total. The lowest BCUT2D eigenvalue weighted by atomic mass is 9.79. The quantitative estimate of drug-likeness (QED) is 0.796. The van der Waals surface area contributed by atoms with Crippen molar-refractivity contribution < 1.29 is 14.7 Å². The molecule has 1 aromatic carbocycles. The number of amides is 1. The summed E-state index contributed by atoms with van der Waals surface area (Å²) >= 11 is 0. The highest BCUT2D eigenvalue weighted by Gasteiger charge is 2.36. The van der Waals surface area contributed by atoms with Gasteiger partial charge in [-0.25, -0.2) is 0 Å². The highest BCUT2D eigenvalue weighted by Crippen LogP contribution is 2.40. The smallest absolute Gasteiger partial charge is 0.306 e. The van der Waals surface area contributed by atoms with Gasteiger partial charge in [0.15, 0.2) is 0 Å². The molecule has 144 valence electrons.